The van der Waals surface area contributed by atoms with E-state index < -0.39 is 12.6 Å². The molecule has 2 N–H and O–H groups in total. The molecular weight excluding hydrogens is 534 g/mol. The Hall–Kier alpha value is -2.87. The molecule has 3 rings (SSSR count). The average molecular weight is 575 g/mol. The maximum atomic E-state index is 13.6. The number of ketones is 1. The van der Waals surface area contributed by atoms with Gasteiger partial charge in [-0.3, -0.25) is 10.2 Å². The van der Waals surface area contributed by atoms with E-state index in [2.05, 4.69) is 19.1 Å². The van der Waals surface area contributed by atoms with Crippen molar-refractivity contribution in [2.45, 2.75) is 51.9 Å². The van der Waals surface area contributed by atoms with Gasteiger partial charge in [0.15, 0.2) is 12.4 Å². The van der Waals surface area contributed by atoms with Gasteiger partial charge in [-0.15, -0.1) is 17.0 Å². The van der Waals surface area contributed by atoms with Crippen molar-refractivity contribution in [3.8, 4) is 5.75 Å². The van der Waals surface area contributed by atoms with Gasteiger partial charge < -0.3 is 19.6 Å². The van der Waals surface area contributed by atoms with Crippen LogP contribution >= 0.6 is 17.0 Å². The number of carboxylic acid groups (broad SMARTS) is 1. The summed E-state index contributed by atoms with van der Waals surface area (Å²) in [6.07, 6.45) is 2.03. The van der Waals surface area contributed by atoms with Gasteiger partial charge in [0.2, 0.25) is 0 Å². The number of nitrogens with zero attached hydrogens (tertiary/aromatic N) is 2. The van der Waals surface area contributed by atoms with E-state index in [4.69, 9.17) is 15.3 Å². The predicted molar refractivity (Wildman–Crippen MR) is 154 cm³/mol. The number of Topliss-reactive ketones (excluding diaryl/α,β-unsaturated/α-hetero) is 1. The number of aliphatic carboxylic acids is 1. The number of halogens is 1. The van der Waals surface area contributed by atoms with Gasteiger partial charge in [-0.05, 0) is 35.4 Å². The van der Waals surface area contributed by atoms with Crippen molar-refractivity contribution in [2.75, 3.05) is 38.7 Å². The summed E-state index contributed by atoms with van der Waals surface area (Å²) in [6.45, 7) is 8.56. The first-order valence-corrected chi connectivity index (χ1v) is 12.6. The number of hydrogen-bond acceptors (Lipinski definition) is 5. The van der Waals surface area contributed by atoms with Gasteiger partial charge in [0, 0.05) is 37.7 Å². The molecule has 2 unspecified atom stereocenters. The molecule has 8 heteroatoms. The van der Waals surface area contributed by atoms with Crippen LogP contribution in [0.25, 0.3) is 0 Å². The second-order valence-corrected chi connectivity index (χ2v) is 10.8. The largest absolute Gasteiger partial charge is 0.479 e. The molecule has 1 saturated heterocycles. The highest BCUT2D eigenvalue weighted by molar-refractivity contribution is 8.93. The number of carbonyl (C=O) groups is 2. The van der Waals surface area contributed by atoms with Crippen molar-refractivity contribution in [3.63, 3.8) is 0 Å². The van der Waals surface area contributed by atoms with Gasteiger partial charge in [-0.25, -0.2) is 4.79 Å². The topological polar surface area (TPSA) is 93.9 Å². The number of rotatable bonds is 10. The smallest absolute Gasteiger partial charge is 0.341 e. The Labute approximate surface area is 231 Å². The van der Waals surface area contributed by atoms with Gasteiger partial charge in [0.05, 0.1) is 12.2 Å². The second kappa shape index (κ2) is 12.6. The van der Waals surface area contributed by atoms with E-state index in [1.807, 2.05) is 68.9 Å². The molecule has 0 saturated carbocycles. The highest BCUT2D eigenvalue weighted by Crippen LogP contribution is 2.41. The summed E-state index contributed by atoms with van der Waals surface area (Å²) in [6, 6.07) is 13.7. The highest BCUT2D eigenvalue weighted by atomic mass is 79.9. The molecule has 0 radical (unpaired) electrons. The molecule has 1 heterocycles. The Morgan fingerprint density at radius 2 is 1.81 bits per heavy atom. The molecule has 0 spiro atoms. The van der Waals surface area contributed by atoms with Crippen molar-refractivity contribution >= 4 is 40.3 Å². The molecule has 2 aromatic rings. The van der Waals surface area contributed by atoms with Crippen LogP contribution in [0.2, 0.25) is 0 Å². The molecule has 2 atom stereocenters. The third-order valence-electron chi connectivity index (χ3n) is 6.74. The minimum absolute atomic E-state index is 0. The lowest BCUT2D eigenvalue weighted by molar-refractivity contribution is -0.139. The first-order chi connectivity index (χ1) is 16.9. The van der Waals surface area contributed by atoms with Crippen LogP contribution in [-0.2, 0) is 10.2 Å². The van der Waals surface area contributed by atoms with Crippen LogP contribution in [0, 0.1) is 11.3 Å². The van der Waals surface area contributed by atoms with Crippen LogP contribution in [0.4, 0.5) is 5.69 Å². The zero-order chi connectivity index (χ0) is 26.6. The maximum Gasteiger partial charge on any atom is 0.341 e. The lowest BCUT2D eigenvalue weighted by atomic mass is 9.84. The molecule has 1 fully saturated rings. The van der Waals surface area contributed by atoms with Gasteiger partial charge in [0.1, 0.15) is 11.6 Å². The van der Waals surface area contributed by atoms with E-state index in [1.165, 1.54) is 0 Å². The Morgan fingerprint density at radius 3 is 2.35 bits per heavy atom. The SMILES string of the molecule is Br.CCCC1CN(CC(=O)c2cc(N(C)C)c(OCC(=O)O)c(C(C)(C)C)c2)C(=N)C1c1ccccc1. The summed E-state index contributed by atoms with van der Waals surface area (Å²) in [5.74, 6) is 0.148. The molecule has 0 amide bonds. The van der Waals surface area contributed by atoms with Gasteiger partial charge in [-0.2, -0.15) is 0 Å². The van der Waals surface area contributed by atoms with E-state index >= 15 is 0 Å². The summed E-state index contributed by atoms with van der Waals surface area (Å²) >= 11 is 0. The third kappa shape index (κ3) is 7.12. The number of anilines is 1. The van der Waals surface area contributed by atoms with Gasteiger partial charge in [-0.1, -0.05) is 64.4 Å². The molecular formula is C29H40BrN3O4. The molecule has 1 aliphatic rings. The van der Waals surface area contributed by atoms with Crippen molar-refractivity contribution in [3.05, 3.63) is 59.2 Å². The average Bonchev–Trinajstić information content (AvgIpc) is 3.11. The summed E-state index contributed by atoms with van der Waals surface area (Å²) in [4.78, 5) is 28.5. The first kappa shape index (κ1) is 30.4. The Balaban J connectivity index is 0.00000481. The Morgan fingerprint density at radius 1 is 1.16 bits per heavy atom. The molecule has 0 aromatic heterocycles. The minimum Gasteiger partial charge on any atom is -0.479 e. The van der Waals surface area contributed by atoms with Crippen molar-refractivity contribution in [1.29, 1.82) is 5.41 Å². The van der Waals surface area contributed by atoms with Crippen LogP contribution in [0.15, 0.2) is 42.5 Å². The van der Waals surface area contributed by atoms with Crippen molar-refractivity contribution in [1.82, 2.24) is 4.90 Å². The van der Waals surface area contributed by atoms with E-state index in [0.717, 1.165) is 24.0 Å². The zero-order valence-corrected chi connectivity index (χ0v) is 24.4. The summed E-state index contributed by atoms with van der Waals surface area (Å²) < 4.78 is 5.71. The van der Waals surface area contributed by atoms with Crippen LogP contribution < -0.4 is 9.64 Å². The fourth-order valence-electron chi connectivity index (χ4n) is 4.99. The molecule has 0 aliphatic carbocycles. The summed E-state index contributed by atoms with van der Waals surface area (Å²) in [7, 11) is 3.69. The normalized spacial score (nSPS) is 17.4. The number of benzene rings is 2. The number of carbonyl (C=O) groups excluding carboxylic acids is 1. The van der Waals surface area contributed by atoms with Crippen LogP contribution in [0.5, 0.6) is 5.75 Å². The number of ether oxygens (including phenoxy) is 1. The summed E-state index contributed by atoms with van der Waals surface area (Å²) in [5.41, 5.74) is 2.73. The third-order valence-corrected chi connectivity index (χ3v) is 6.74. The van der Waals surface area contributed by atoms with Crippen molar-refractivity contribution < 1.29 is 19.4 Å². The van der Waals surface area contributed by atoms with Crippen molar-refractivity contribution in [2.24, 2.45) is 5.92 Å². The molecule has 1 aliphatic heterocycles. The van der Waals surface area contributed by atoms with E-state index in [-0.39, 0.29) is 40.6 Å². The molecule has 202 valence electrons. The fourth-order valence-corrected chi connectivity index (χ4v) is 4.99. The molecule has 2 aromatic carbocycles. The van der Waals surface area contributed by atoms with Gasteiger partial charge in [0.25, 0.3) is 0 Å². The van der Waals surface area contributed by atoms with E-state index in [0.29, 0.717) is 35.3 Å². The zero-order valence-electron chi connectivity index (χ0n) is 22.7. The molecule has 0 bridgehead atoms. The van der Waals surface area contributed by atoms with Crippen LogP contribution in [0.3, 0.4) is 0 Å². The monoisotopic (exact) mass is 573 g/mol. The fraction of sp³-hybridized carbons (Fsp3) is 0.483. The Bertz CT molecular complexity index is 1110. The Kier molecular flexibility index (Phi) is 10.3. The summed E-state index contributed by atoms with van der Waals surface area (Å²) in [5, 5.41) is 18.1. The number of carboxylic acids is 1. The second-order valence-electron chi connectivity index (χ2n) is 10.8. The first-order valence-electron chi connectivity index (χ1n) is 12.6. The van der Waals surface area contributed by atoms with Crippen LogP contribution in [-0.4, -0.2) is 61.4 Å². The number of amidine groups is 1. The minimum atomic E-state index is -1.05. The number of likely N-dealkylation sites (tertiary alicyclic amines) is 1. The quantitative estimate of drug-likeness (QED) is 0.350. The standard InChI is InChI=1S/C29H39N3O4.BrH/c1-7-11-20-16-32(28(30)26(20)19-12-9-8-10-13-19)17-24(33)21-14-22(29(2,3)4)27(36-18-25(34)35)23(15-21)31(5)6;/h8-10,12-15,20,26,30H,7,11,16-18H2,1-6H3,(H,34,35);1H. The lowest BCUT2D eigenvalue weighted by Gasteiger charge is -2.28. The lowest BCUT2D eigenvalue weighted by Crippen LogP contribution is -2.32. The van der Waals surface area contributed by atoms with Gasteiger partial charge >= 0.3 is 5.97 Å². The highest BCUT2D eigenvalue weighted by Gasteiger charge is 2.38. The molecule has 7 nitrogen and oxygen atoms in total. The maximum absolute atomic E-state index is 13.6. The van der Waals surface area contributed by atoms with Crippen LogP contribution in [0.1, 0.15) is 67.9 Å². The van der Waals surface area contributed by atoms with E-state index in [1.54, 1.807) is 6.07 Å². The number of hydrogen-bond donors (Lipinski definition) is 2. The number of nitrogens with one attached hydrogen (secondary N) is 1. The molecule has 37 heavy (non-hydrogen) atoms. The van der Waals surface area contributed by atoms with E-state index in [9.17, 15) is 9.59 Å². The predicted octanol–water partition coefficient (Wildman–Crippen LogP) is 5.77.